The maximum atomic E-state index is 12.4. The summed E-state index contributed by atoms with van der Waals surface area (Å²) in [5.41, 5.74) is 5.63. The molecule has 22 heavy (non-hydrogen) atoms. The van der Waals surface area contributed by atoms with Crippen molar-refractivity contribution in [2.45, 2.75) is 56.5 Å². The number of nitrogens with one attached hydrogen (secondary N) is 1. The van der Waals surface area contributed by atoms with Crippen LogP contribution in [-0.2, 0) is 4.79 Å². The van der Waals surface area contributed by atoms with Gasteiger partial charge in [-0.25, -0.2) is 0 Å². The van der Waals surface area contributed by atoms with Crippen molar-refractivity contribution in [2.24, 2.45) is 5.73 Å². The zero-order valence-corrected chi connectivity index (χ0v) is 13.0. The third-order valence-corrected chi connectivity index (χ3v) is 4.93. The summed E-state index contributed by atoms with van der Waals surface area (Å²) >= 11 is 0. The minimum atomic E-state index is -0.658. The Morgan fingerprint density at radius 3 is 2.91 bits per heavy atom. The highest BCUT2D eigenvalue weighted by Gasteiger charge is 2.36. The molecule has 3 rings (SSSR count). The van der Waals surface area contributed by atoms with Gasteiger partial charge in [0.15, 0.2) is 5.82 Å². The van der Waals surface area contributed by atoms with Gasteiger partial charge in [-0.3, -0.25) is 4.79 Å². The Labute approximate surface area is 131 Å². The monoisotopic (exact) mass is 303 g/mol. The van der Waals surface area contributed by atoms with Crippen molar-refractivity contribution in [3.63, 3.8) is 0 Å². The Morgan fingerprint density at radius 2 is 2.18 bits per heavy atom. The number of carbonyl (C=O) groups is 1. The predicted molar refractivity (Wildman–Crippen MR) is 85.4 cm³/mol. The quantitative estimate of drug-likeness (QED) is 0.874. The number of hydrogen-bond acceptors (Lipinski definition) is 5. The van der Waals surface area contributed by atoms with E-state index < -0.39 is 5.54 Å². The molecular formula is C16H25N5O. The molecule has 6 heteroatoms. The number of nitrogens with zero attached hydrogens (tertiary/aromatic N) is 3. The average molecular weight is 303 g/mol. The first-order valence-corrected chi connectivity index (χ1v) is 8.31. The Bertz CT molecular complexity index is 501. The second kappa shape index (κ2) is 6.60. The van der Waals surface area contributed by atoms with Crippen LogP contribution < -0.4 is 16.0 Å². The van der Waals surface area contributed by atoms with Crippen LogP contribution in [0.2, 0.25) is 0 Å². The highest BCUT2D eigenvalue weighted by molar-refractivity contribution is 5.86. The maximum absolute atomic E-state index is 12.4. The van der Waals surface area contributed by atoms with Crippen molar-refractivity contribution in [1.82, 2.24) is 15.5 Å². The highest BCUT2D eigenvalue weighted by Crippen LogP contribution is 2.26. The molecule has 1 unspecified atom stereocenters. The molecule has 6 nitrogen and oxygen atoms in total. The van der Waals surface area contributed by atoms with E-state index in [-0.39, 0.29) is 11.9 Å². The molecule has 1 amide bonds. The van der Waals surface area contributed by atoms with Gasteiger partial charge in [-0.15, -0.1) is 5.10 Å². The van der Waals surface area contributed by atoms with Gasteiger partial charge in [0, 0.05) is 25.3 Å². The van der Waals surface area contributed by atoms with Gasteiger partial charge in [-0.05, 0) is 37.8 Å². The van der Waals surface area contributed by atoms with Crippen LogP contribution in [0.4, 0.5) is 5.82 Å². The van der Waals surface area contributed by atoms with Crippen molar-refractivity contribution in [3.05, 3.63) is 18.3 Å². The molecule has 1 saturated heterocycles. The third kappa shape index (κ3) is 3.21. The molecule has 0 radical (unpaired) electrons. The lowest BCUT2D eigenvalue weighted by Gasteiger charge is -2.33. The van der Waals surface area contributed by atoms with Gasteiger partial charge < -0.3 is 16.0 Å². The van der Waals surface area contributed by atoms with E-state index in [0.29, 0.717) is 6.54 Å². The normalized spacial score (nSPS) is 24.2. The van der Waals surface area contributed by atoms with Crippen LogP contribution in [-0.4, -0.2) is 40.8 Å². The molecular weight excluding hydrogens is 278 g/mol. The summed E-state index contributed by atoms with van der Waals surface area (Å²) in [6.45, 7) is 1.60. The number of hydrogen-bond donors (Lipinski definition) is 2. The summed E-state index contributed by atoms with van der Waals surface area (Å²) < 4.78 is 0. The summed E-state index contributed by atoms with van der Waals surface area (Å²) in [7, 11) is 0. The SMILES string of the molecule is NC1(C(=O)NCC2CCCN2c2cccnn2)CCCCC1. The van der Waals surface area contributed by atoms with Gasteiger partial charge in [-0.1, -0.05) is 19.3 Å². The topological polar surface area (TPSA) is 84.1 Å². The third-order valence-electron chi connectivity index (χ3n) is 4.93. The van der Waals surface area contributed by atoms with E-state index >= 15 is 0 Å². The van der Waals surface area contributed by atoms with E-state index in [1.165, 1.54) is 6.42 Å². The fourth-order valence-corrected chi connectivity index (χ4v) is 3.59. The Balaban J connectivity index is 1.57. The molecule has 1 saturated carbocycles. The van der Waals surface area contributed by atoms with Crippen molar-refractivity contribution in [2.75, 3.05) is 18.0 Å². The van der Waals surface area contributed by atoms with E-state index in [0.717, 1.165) is 50.9 Å². The summed E-state index contributed by atoms with van der Waals surface area (Å²) in [6.07, 6.45) is 8.76. The minimum Gasteiger partial charge on any atom is -0.352 e. The molecule has 1 aromatic heterocycles. The summed E-state index contributed by atoms with van der Waals surface area (Å²) in [5, 5.41) is 11.2. The number of anilines is 1. The zero-order valence-electron chi connectivity index (χ0n) is 13.0. The van der Waals surface area contributed by atoms with Crippen LogP contribution in [0.5, 0.6) is 0 Å². The smallest absolute Gasteiger partial charge is 0.240 e. The molecule has 2 aliphatic rings. The number of nitrogens with two attached hydrogens (primary N) is 1. The van der Waals surface area contributed by atoms with Crippen LogP contribution in [0.3, 0.4) is 0 Å². The van der Waals surface area contributed by atoms with Crippen LogP contribution in [0, 0.1) is 0 Å². The largest absolute Gasteiger partial charge is 0.352 e. The molecule has 3 N–H and O–H groups in total. The molecule has 2 fully saturated rings. The molecule has 120 valence electrons. The molecule has 1 aliphatic carbocycles. The van der Waals surface area contributed by atoms with Gasteiger partial charge in [0.1, 0.15) is 0 Å². The fourth-order valence-electron chi connectivity index (χ4n) is 3.59. The second-order valence-corrected chi connectivity index (χ2v) is 6.50. The zero-order chi connectivity index (χ0) is 15.4. The minimum absolute atomic E-state index is 0.0122. The molecule has 0 aromatic carbocycles. The van der Waals surface area contributed by atoms with Crippen LogP contribution in [0.25, 0.3) is 0 Å². The number of amides is 1. The van der Waals surface area contributed by atoms with Crippen molar-refractivity contribution in [1.29, 1.82) is 0 Å². The summed E-state index contributed by atoms with van der Waals surface area (Å²) in [4.78, 5) is 14.7. The Kier molecular flexibility index (Phi) is 4.57. The number of rotatable bonds is 4. The number of aromatic nitrogens is 2. The van der Waals surface area contributed by atoms with Crippen LogP contribution in [0.15, 0.2) is 18.3 Å². The van der Waals surface area contributed by atoms with E-state index in [1.54, 1.807) is 6.20 Å². The highest BCUT2D eigenvalue weighted by atomic mass is 16.2. The molecule has 2 heterocycles. The Morgan fingerprint density at radius 1 is 1.36 bits per heavy atom. The van der Waals surface area contributed by atoms with E-state index in [9.17, 15) is 4.79 Å². The average Bonchev–Trinajstić information content (AvgIpc) is 3.02. The van der Waals surface area contributed by atoms with Crippen molar-refractivity contribution in [3.8, 4) is 0 Å². The molecule has 1 atom stereocenters. The van der Waals surface area contributed by atoms with E-state index in [4.69, 9.17) is 5.73 Å². The second-order valence-electron chi connectivity index (χ2n) is 6.50. The predicted octanol–water partition coefficient (Wildman–Crippen LogP) is 1.22. The van der Waals surface area contributed by atoms with Crippen molar-refractivity contribution >= 4 is 11.7 Å². The fraction of sp³-hybridized carbons (Fsp3) is 0.688. The first-order valence-electron chi connectivity index (χ1n) is 8.31. The van der Waals surface area contributed by atoms with E-state index in [2.05, 4.69) is 20.4 Å². The van der Waals surface area contributed by atoms with E-state index in [1.807, 2.05) is 12.1 Å². The lowest BCUT2D eigenvalue weighted by Crippen LogP contribution is -2.56. The Hall–Kier alpha value is -1.69. The molecule has 0 spiro atoms. The maximum Gasteiger partial charge on any atom is 0.240 e. The first kappa shape index (κ1) is 15.2. The standard InChI is InChI=1S/C16H25N5O/c17-16(8-2-1-3-9-16)15(22)18-12-13-6-5-11-21(13)14-7-4-10-19-20-14/h4,7,10,13H,1-3,5-6,8-9,11-12,17H2,(H,18,22). The van der Waals surface area contributed by atoms with Gasteiger partial charge in [0.05, 0.1) is 5.54 Å². The summed E-state index contributed by atoms with van der Waals surface area (Å²) in [6, 6.07) is 4.15. The first-order chi connectivity index (χ1) is 10.7. The van der Waals surface area contributed by atoms with Crippen molar-refractivity contribution < 1.29 is 4.79 Å². The summed E-state index contributed by atoms with van der Waals surface area (Å²) in [5.74, 6) is 0.901. The molecule has 0 bridgehead atoms. The van der Waals surface area contributed by atoms with Gasteiger partial charge in [-0.2, -0.15) is 5.10 Å². The molecule has 1 aromatic rings. The lowest BCUT2D eigenvalue weighted by atomic mass is 9.82. The van der Waals surface area contributed by atoms with Gasteiger partial charge in [0.2, 0.25) is 5.91 Å². The number of carbonyl (C=O) groups excluding carboxylic acids is 1. The molecule has 1 aliphatic heterocycles. The van der Waals surface area contributed by atoms with Crippen LogP contribution >= 0.6 is 0 Å². The lowest BCUT2D eigenvalue weighted by molar-refractivity contribution is -0.127. The van der Waals surface area contributed by atoms with Crippen LogP contribution in [0.1, 0.15) is 44.9 Å². The van der Waals surface area contributed by atoms with Gasteiger partial charge in [0.25, 0.3) is 0 Å². The van der Waals surface area contributed by atoms with Gasteiger partial charge >= 0.3 is 0 Å².